The molecule has 0 aromatic carbocycles. The Balaban J connectivity index is 2.23. The molecule has 6 heteroatoms. The third-order valence-corrected chi connectivity index (χ3v) is 4.15. The average Bonchev–Trinajstić information content (AvgIpc) is 2.75. The number of hydrogen-bond acceptors (Lipinski definition) is 3. The van der Waals surface area contributed by atoms with Gasteiger partial charge in [-0.15, -0.1) is 0 Å². The van der Waals surface area contributed by atoms with Crippen molar-refractivity contribution in [2.75, 3.05) is 0 Å². The van der Waals surface area contributed by atoms with Crippen LogP contribution in [0, 0.1) is 13.8 Å². The molecule has 2 aromatic heterocycles. The first-order valence-corrected chi connectivity index (χ1v) is 6.56. The summed E-state index contributed by atoms with van der Waals surface area (Å²) in [6, 6.07) is 1.90. The van der Waals surface area contributed by atoms with Crippen LogP contribution in [0.5, 0.6) is 0 Å². The van der Waals surface area contributed by atoms with Crippen LogP contribution in [0.15, 0.2) is 10.5 Å². The van der Waals surface area contributed by atoms with Crippen molar-refractivity contribution in [2.24, 2.45) is 14.1 Å². The average molecular weight is 313 g/mol. The molecule has 1 atom stereocenters. The lowest BCUT2D eigenvalue weighted by atomic mass is 10.1. The quantitative estimate of drug-likeness (QED) is 0.940. The lowest BCUT2D eigenvalue weighted by Gasteiger charge is -2.08. The molecule has 1 N–H and O–H groups in total. The normalized spacial score (nSPS) is 13.0. The zero-order valence-corrected chi connectivity index (χ0v) is 12.6. The number of aryl methyl sites for hydroxylation is 4. The van der Waals surface area contributed by atoms with Gasteiger partial charge in [0.1, 0.15) is 6.10 Å². The fourth-order valence-electron chi connectivity index (χ4n) is 1.94. The second-order valence-corrected chi connectivity index (χ2v) is 5.32. The zero-order chi connectivity index (χ0) is 13.4. The molecule has 18 heavy (non-hydrogen) atoms. The molecule has 0 aliphatic heterocycles. The molecule has 0 amide bonds. The van der Waals surface area contributed by atoms with Crippen molar-refractivity contribution < 1.29 is 5.11 Å². The number of rotatable bonds is 3. The summed E-state index contributed by atoms with van der Waals surface area (Å²) >= 11 is 3.50. The molecule has 98 valence electrons. The molecule has 5 nitrogen and oxygen atoms in total. The summed E-state index contributed by atoms with van der Waals surface area (Å²) in [4.78, 5) is 0. The topological polar surface area (TPSA) is 55.9 Å². The molecule has 0 aliphatic rings. The monoisotopic (exact) mass is 312 g/mol. The van der Waals surface area contributed by atoms with E-state index >= 15 is 0 Å². The van der Waals surface area contributed by atoms with Gasteiger partial charge in [0, 0.05) is 26.2 Å². The minimum absolute atomic E-state index is 0.494. The third kappa shape index (κ3) is 2.35. The van der Waals surface area contributed by atoms with Gasteiger partial charge in [-0.25, -0.2) is 0 Å². The van der Waals surface area contributed by atoms with Crippen LogP contribution in [0.3, 0.4) is 0 Å². The van der Waals surface area contributed by atoms with E-state index in [0.717, 1.165) is 21.6 Å². The highest BCUT2D eigenvalue weighted by Crippen LogP contribution is 2.25. The Hall–Kier alpha value is -1.14. The maximum Gasteiger partial charge on any atom is 0.103 e. The van der Waals surface area contributed by atoms with Crippen molar-refractivity contribution in [3.05, 3.63) is 33.3 Å². The maximum atomic E-state index is 10.2. The summed E-state index contributed by atoms with van der Waals surface area (Å²) in [5.74, 6) is 0. The van der Waals surface area contributed by atoms with Gasteiger partial charge in [0.25, 0.3) is 0 Å². The molecule has 1 unspecified atom stereocenters. The van der Waals surface area contributed by atoms with Crippen molar-refractivity contribution >= 4 is 15.9 Å². The van der Waals surface area contributed by atoms with Crippen LogP contribution in [-0.4, -0.2) is 24.7 Å². The number of aliphatic hydroxyl groups excluding tert-OH is 1. The predicted octanol–water partition coefficient (Wildman–Crippen LogP) is 1.81. The zero-order valence-electron chi connectivity index (χ0n) is 11.0. The van der Waals surface area contributed by atoms with Crippen molar-refractivity contribution in [3.63, 3.8) is 0 Å². The summed E-state index contributed by atoms with van der Waals surface area (Å²) in [5, 5.41) is 18.8. The summed E-state index contributed by atoms with van der Waals surface area (Å²) in [7, 11) is 3.75. The predicted molar refractivity (Wildman–Crippen MR) is 72.3 cm³/mol. The Labute approximate surface area is 115 Å². The molecule has 0 saturated heterocycles. The summed E-state index contributed by atoms with van der Waals surface area (Å²) in [5.41, 5.74) is 3.63. The molecule has 0 radical (unpaired) electrons. The first kappa shape index (κ1) is 13.3. The molecule has 0 spiro atoms. The molecular formula is C12H17BrN4O. The van der Waals surface area contributed by atoms with Gasteiger partial charge in [0.2, 0.25) is 0 Å². The van der Waals surface area contributed by atoms with E-state index < -0.39 is 6.10 Å². The summed E-state index contributed by atoms with van der Waals surface area (Å²) in [6.45, 7) is 3.90. The van der Waals surface area contributed by atoms with Gasteiger partial charge in [0.05, 0.1) is 21.6 Å². The number of hydrogen-bond donors (Lipinski definition) is 1. The van der Waals surface area contributed by atoms with Crippen LogP contribution in [0.4, 0.5) is 0 Å². The van der Waals surface area contributed by atoms with Crippen LogP contribution in [0.25, 0.3) is 0 Å². The third-order valence-electron chi connectivity index (χ3n) is 3.12. The standard InChI is InChI=1S/C12H17BrN4O/c1-7-5-9(15-16(7)3)11(18)6-10-12(13)8(2)14-17(10)4/h5,11,18H,6H2,1-4H3. The van der Waals surface area contributed by atoms with Crippen molar-refractivity contribution in [3.8, 4) is 0 Å². The minimum Gasteiger partial charge on any atom is -0.386 e. The summed E-state index contributed by atoms with van der Waals surface area (Å²) in [6.07, 6.45) is -0.120. The number of nitrogens with zero attached hydrogens (tertiary/aromatic N) is 4. The van der Waals surface area contributed by atoms with E-state index in [-0.39, 0.29) is 0 Å². The van der Waals surface area contributed by atoms with Crippen LogP contribution in [0.1, 0.15) is 28.9 Å². The van der Waals surface area contributed by atoms with Gasteiger partial charge in [0.15, 0.2) is 0 Å². The second kappa shape index (κ2) is 4.85. The highest BCUT2D eigenvalue weighted by atomic mass is 79.9. The molecule has 2 aromatic rings. The smallest absolute Gasteiger partial charge is 0.103 e. The fraction of sp³-hybridized carbons (Fsp3) is 0.500. The van der Waals surface area contributed by atoms with Crippen LogP contribution in [-0.2, 0) is 20.5 Å². The number of aliphatic hydroxyl groups is 1. The maximum absolute atomic E-state index is 10.2. The van der Waals surface area contributed by atoms with Gasteiger partial charge in [-0.05, 0) is 35.8 Å². The summed E-state index contributed by atoms with van der Waals surface area (Å²) < 4.78 is 4.51. The number of halogens is 1. The van der Waals surface area contributed by atoms with Gasteiger partial charge in [-0.2, -0.15) is 10.2 Å². The Morgan fingerprint density at radius 1 is 1.28 bits per heavy atom. The van der Waals surface area contributed by atoms with Crippen molar-refractivity contribution in [1.82, 2.24) is 19.6 Å². The molecule has 0 fully saturated rings. The second-order valence-electron chi connectivity index (χ2n) is 4.52. The van der Waals surface area contributed by atoms with Gasteiger partial charge < -0.3 is 5.11 Å². The van der Waals surface area contributed by atoms with Crippen LogP contribution >= 0.6 is 15.9 Å². The van der Waals surface area contributed by atoms with Crippen LogP contribution in [0.2, 0.25) is 0 Å². The highest BCUT2D eigenvalue weighted by molar-refractivity contribution is 9.10. The van der Waals surface area contributed by atoms with Crippen LogP contribution < -0.4 is 0 Å². The largest absolute Gasteiger partial charge is 0.386 e. The molecule has 2 heterocycles. The SMILES string of the molecule is Cc1nn(C)c(CC(O)c2cc(C)n(C)n2)c1Br. The Kier molecular flexibility index (Phi) is 3.59. The van der Waals surface area contributed by atoms with Gasteiger partial charge in [-0.1, -0.05) is 0 Å². The van der Waals surface area contributed by atoms with E-state index in [1.54, 1.807) is 9.36 Å². The molecule has 0 aliphatic carbocycles. The van der Waals surface area contributed by atoms with E-state index in [4.69, 9.17) is 0 Å². The minimum atomic E-state index is -0.615. The molecule has 0 saturated carbocycles. The molecular weight excluding hydrogens is 296 g/mol. The first-order chi connectivity index (χ1) is 8.40. The highest BCUT2D eigenvalue weighted by Gasteiger charge is 2.18. The lowest BCUT2D eigenvalue weighted by Crippen LogP contribution is -2.08. The Bertz CT molecular complexity index is 553. The molecule has 2 rings (SSSR count). The Morgan fingerprint density at radius 2 is 1.94 bits per heavy atom. The van der Waals surface area contributed by atoms with E-state index in [1.165, 1.54) is 0 Å². The number of aromatic nitrogens is 4. The first-order valence-electron chi connectivity index (χ1n) is 5.76. The van der Waals surface area contributed by atoms with Crippen molar-refractivity contribution in [2.45, 2.75) is 26.4 Å². The van der Waals surface area contributed by atoms with E-state index in [1.807, 2.05) is 34.0 Å². The lowest BCUT2D eigenvalue weighted by molar-refractivity contribution is 0.170. The fourth-order valence-corrected chi connectivity index (χ4v) is 2.44. The van der Waals surface area contributed by atoms with Gasteiger partial charge >= 0.3 is 0 Å². The van der Waals surface area contributed by atoms with E-state index in [0.29, 0.717) is 12.1 Å². The van der Waals surface area contributed by atoms with E-state index in [9.17, 15) is 5.11 Å². The van der Waals surface area contributed by atoms with E-state index in [2.05, 4.69) is 26.1 Å². The molecule has 0 bridgehead atoms. The Morgan fingerprint density at radius 3 is 2.39 bits per heavy atom. The van der Waals surface area contributed by atoms with Gasteiger partial charge in [-0.3, -0.25) is 9.36 Å². The van der Waals surface area contributed by atoms with Crippen molar-refractivity contribution in [1.29, 1.82) is 0 Å².